The summed E-state index contributed by atoms with van der Waals surface area (Å²) in [5.74, 6) is -0.0469. The summed E-state index contributed by atoms with van der Waals surface area (Å²) in [7, 11) is 0. The van der Waals surface area contributed by atoms with Crippen molar-refractivity contribution in [3.05, 3.63) is 36.1 Å². The van der Waals surface area contributed by atoms with Gasteiger partial charge in [-0.25, -0.2) is 0 Å². The van der Waals surface area contributed by atoms with E-state index in [1.54, 1.807) is 6.26 Å². The summed E-state index contributed by atoms with van der Waals surface area (Å²) >= 11 is 0. The second-order valence-corrected chi connectivity index (χ2v) is 5.41. The lowest BCUT2D eigenvalue weighted by atomic mass is 9.90. The molecular formula is C15H18N2O2. The molecule has 1 aliphatic rings. The molecule has 0 unspecified atom stereocenters. The van der Waals surface area contributed by atoms with Gasteiger partial charge >= 0.3 is 0 Å². The van der Waals surface area contributed by atoms with Crippen molar-refractivity contribution >= 4 is 16.9 Å². The number of para-hydroxylation sites is 1. The Balaban J connectivity index is 1.84. The van der Waals surface area contributed by atoms with Crippen molar-refractivity contribution in [1.29, 1.82) is 0 Å². The van der Waals surface area contributed by atoms with Crippen molar-refractivity contribution in [2.75, 3.05) is 13.1 Å². The van der Waals surface area contributed by atoms with Crippen LogP contribution in [-0.4, -0.2) is 24.5 Å². The molecule has 1 amide bonds. The number of carbonyl (C=O) groups excluding carboxylic acids is 1. The summed E-state index contributed by atoms with van der Waals surface area (Å²) in [6.45, 7) is 4.00. The second kappa shape index (κ2) is 4.70. The van der Waals surface area contributed by atoms with Crippen LogP contribution in [0.4, 0.5) is 0 Å². The maximum atomic E-state index is 12.4. The Morgan fingerprint density at radius 1 is 1.32 bits per heavy atom. The first kappa shape index (κ1) is 12.2. The van der Waals surface area contributed by atoms with Crippen molar-refractivity contribution < 1.29 is 9.21 Å². The van der Waals surface area contributed by atoms with Crippen molar-refractivity contribution in [2.45, 2.75) is 25.3 Å². The zero-order valence-electron chi connectivity index (χ0n) is 11.0. The van der Waals surface area contributed by atoms with Gasteiger partial charge in [0.05, 0.1) is 5.56 Å². The number of amides is 1. The van der Waals surface area contributed by atoms with E-state index in [9.17, 15) is 4.79 Å². The number of nitrogens with one attached hydrogen (secondary N) is 2. The molecule has 19 heavy (non-hydrogen) atoms. The number of hydrogen-bond acceptors (Lipinski definition) is 3. The average Bonchev–Trinajstić information content (AvgIpc) is 2.83. The van der Waals surface area contributed by atoms with E-state index in [1.165, 1.54) is 0 Å². The smallest absolute Gasteiger partial charge is 0.255 e. The number of hydrogen-bond donors (Lipinski definition) is 2. The third-order valence-electron chi connectivity index (χ3n) is 3.85. The van der Waals surface area contributed by atoms with Gasteiger partial charge in [0.15, 0.2) is 0 Å². The highest BCUT2D eigenvalue weighted by Gasteiger charge is 2.29. The second-order valence-electron chi connectivity index (χ2n) is 5.41. The first-order valence-electron chi connectivity index (χ1n) is 6.67. The molecule has 0 atom stereocenters. The quantitative estimate of drug-likeness (QED) is 0.869. The first-order valence-corrected chi connectivity index (χ1v) is 6.67. The number of furan rings is 1. The van der Waals surface area contributed by atoms with Gasteiger partial charge in [0.2, 0.25) is 0 Å². The molecule has 0 aliphatic carbocycles. The summed E-state index contributed by atoms with van der Waals surface area (Å²) in [5.41, 5.74) is 1.25. The van der Waals surface area contributed by atoms with Crippen LogP contribution in [0, 0.1) is 0 Å². The Morgan fingerprint density at radius 2 is 2.05 bits per heavy atom. The molecule has 2 N–H and O–H groups in total. The predicted octanol–water partition coefficient (Wildman–Crippen LogP) is 2.30. The molecule has 2 heterocycles. The van der Waals surface area contributed by atoms with Crippen LogP contribution in [0.25, 0.3) is 11.0 Å². The minimum absolute atomic E-state index is 0.0469. The molecule has 1 fully saturated rings. The normalized spacial score (nSPS) is 18.4. The Hall–Kier alpha value is -1.81. The molecule has 2 aromatic rings. The standard InChI is InChI=1S/C15H18N2O2/c1-15(6-8-16-9-7-15)17-14(18)12-10-19-13-5-3-2-4-11(12)13/h2-5,10,16H,6-9H2,1H3,(H,17,18). The number of benzene rings is 1. The Labute approximate surface area is 112 Å². The van der Waals surface area contributed by atoms with E-state index >= 15 is 0 Å². The minimum atomic E-state index is -0.124. The summed E-state index contributed by atoms with van der Waals surface area (Å²) in [5, 5.41) is 7.33. The van der Waals surface area contributed by atoms with Crippen LogP contribution in [0.1, 0.15) is 30.1 Å². The highest BCUT2D eigenvalue weighted by molar-refractivity contribution is 6.06. The van der Waals surface area contributed by atoms with E-state index in [2.05, 4.69) is 17.6 Å². The van der Waals surface area contributed by atoms with E-state index in [0.29, 0.717) is 5.56 Å². The van der Waals surface area contributed by atoms with Gasteiger partial charge in [-0.05, 0) is 38.9 Å². The molecule has 3 rings (SSSR count). The maximum Gasteiger partial charge on any atom is 0.255 e. The summed E-state index contributed by atoms with van der Waals surface area (Å²) < 4.78 is 5.42. The summed E-state index contributed by atoms with van der Waals surface area (Å²) in [6.07, 6.45) is 3.45. The van der Waals surface area contributed by atoms with E-state index in [1.807, 2.05) is 24.3 Å². The van der Waals surface area contributed by atoms with Gasteiger partial charge in [-0.2, -0.15) is 0 Å². The third kappa shape index (κ3) is 2.36. The molecule has 1 saturated heterocycles. The molecule has 0 radical (unpaired) electrons. The van der Waals surface area contributed by atoms with Crippen LogP contribution < -0.4 is 10.6 Å². The molecule has 1 aromatic carbocycles. The van der Waals surface area contributed by atoms with Gasteiger partial charge in [0.1, 0.15) is 11.8 Å². The zero-order chi connectivity index (χ0) is 13.3. The van der Waals surface area contributed by atoms with Crippen LogP contribution in [0.5, 0.6) is 0 Å². The fourth-order valence-electron chi connectivity index (χ4n) is 2.60. The molecule has 100 valence electrons. The molecule has 4 heteroatoms. The van der Waals surface area contributed by atoms with Crippen molar-refractivity contribution in [3.8, 4) is 0 Å². The molecule has 1 aromatic heterocycles. The van der Waals surface area contributed by atoms with Gasteiger partial charge < -0.3 is 15.1 Å². The summed E-state index contributed by atoms with van der Waals surface area (Å²) in [4.78, 5) is 12.4. The Kier molecular flexibility index (Phi) is 3.03. The van der Waals surface area contributed by atoms with E-state index in [0.717, 1.165) is 36.9 Å². The van der Waals surface area contributed by atoms with Gasteiger partial charge in [-0.3, -0.25) is 4.79 Å². The number of fused-ring (bicyclic) bond motifs is 1. The van der Waals surface area contributed by atoms with Crippen LogP contribution in [0.15, 0.2) is 34.9 Å². The van der Waals surface area contributed by atoms with Crippen LogP contribution in [-0.2, 0) is 0 Å². The summed E-state index contributed by atoms with van der Waals surface area (Å²) in [6, 6.07) is 7.61. The fraction of sp³-hybridized carbons (Fsp3) is 0.400. The highest BCUT2D eigenvalue weighted by Crippen LogP contribution is 2.23. The third-order valence-corrected chi connectivity index (χ3v) is 3.85. The van der Waals surface area contributed by atoms with E-state index in [-0.39, 0.29) is 11.4 Å². The number of piperidine rings is 1. The maximum absolute atomic E-state index is 12.4. The van der Waals surface area contributed by atoms with Crippen LogP contribution >= 0.6 is 0 Å². The molecular weight excluding hydrogens is 240 g/mol. The monoisotopic (exact) mass is 258 g/mol. The number of carbonyl (C=O) groups is 1. The largest absolute Gasteiger partial charge is 0.463 e. The predicted molar refractivity (Wildman–Crippen MR) is 74.2 cm³/mol. The fourth-order valence-corrected chi connectivity index (χ4v) is 2.60. The van der Waals surface area contributed by atoms with Crippen molar-refractivity contribution in [1.82, 2.24) is 10.6 Å². The molecule has 0 spiro atoms. The van der Waals surface area contributed by atoms with E-state index < -0.39 is 0 Å². The van der Waals surface area contributed by atoms with Crippen LogP contribution in [0.3, 0.4) is 0 Å². The SMILES string of the molecule is CC1(NC(=O)c2coc3ccccc23)CCNCC1. The number of rotatable bonds is 2. The van der Waals surface area contributed by atoms with Crippen molar-refractivity contribution in [3.63, 3.8) is 0 Å². The Morgan fingerprint density at radius 3 is 2.84 bits per heavy atom. The highest BCUT2D eigenvalue weighted by atomic mass is 16.3. The zero-order valence-corrected chi connectivity index (χ0v) is 11.0. The van der Waals surface area contributed by atoms with Gasteiger partial charge in [-0.15, -0.1) is 0 Å². The topological polar surface area (TPSA) is 54.3 Å². The Bertz CT molecular complexity index is 597. The molecule has 0 bridgehead atoms. The molecule has 4 nitrogen and oxygen atoms in total. The lowest BCUT2D eigenvalue weighted by Crippen LogP contribution is -2.52. The van der Waals surface area contributed by atoms with E-state index in [4.69, 9.17) is 4.42 Å². The lowest BCUT2D eigenvalue weighted by Gasteiger charge is -2.34. The van der Waals surface area contributed by atoms with Crippen molar-refractivity contribution in [2.24, 2.45) is 0 Å². The van der Waals surface area contributed by atoms with Crippen LogP contribution in [0.2, 0.25) is 0 Å². The lowest BCUT2D eigenvalue weighted by molar-refractivity contribution is 0.0888. The van der Waals surface area contributed by atoms with Gasteiger partial charge in [-0.1, -0.05) is 18.2 Å². The van der Waals surface area contributed by atoms with Gasteiger partial charge in [0.25, 0.3) is 5.91 Å². The minimum Gasteiger partial charge on any atom is -0.463 e. The average molecular weight is 258 g/mol. The first-order chi connectivity index (χ1) is 9.18. The molecule has 1 aliphatic heterocycles. The molecule has 0 saturated carbocycles. The van der Waals surface area contributed by atoms with Gasteiger partial charge in [0, 0.05) is 10.9 Å².